The third-order valence-electron chi connectivity index (χ3n) is 4.37. The first-order valence-corrected chi connectivity index (χ1v) is 6.94. The van der Waals surface area contributed by atoms with Gasteiger partial charge in [0.25, 0.3) is 0 Å². The van der Waals surface area contributed by atoms with E-state index in [9.17, 15) is 0 Å². The van der Waals surface area contributed by atoms with Gasteiger partial charge >= 0.3 is 7.12 Å². The number of hydrogen-bond donors (Lipinski definition) is 1. The predicted octanol–water partition coefficient (Wildman–Crippen LogP) is 2.63. The van der Waals surface area contributed by atoms with Gasteiger partial charge in [0.15, 0.2) is 0 Å². The van der Waals surface area contributed by atoms with E-state index in [1.165, 1.54) is 0 Å². The first kappa shape index (κ1) is 15.4. The Kier molecular flexibility index (Phi) is 3.89. The van der Waals surface area contributed by atoms with Crippen molar-refractivity contribution in [3.05, 3.63) is 29.3 Å². The minimum Gasteiger partial charge on any atom is -0.496 e. The van der Waals surface area contributed by atoms with Crippen LogP contribution in [-0.2, 0) is 9.31 Å². The Morgan fingerprint density at radius 2 is 1.70 bits per heavy atom. The van der Waals surface area contributed by atoms with Crippen molar-refractivity contribution in [2.45, 2.75) is 51.8 Å². The van der Waals surface area contributed by atoms with Crippen molar-refractivity contribution in [3.63, 3.8) is 0 Å². The molecule has 110 valence electrons. The molecule has 1 aromatic carbocycles. The maximum atomic E-state index is 6.31. The van der Waals surface area contributed by atoms with Crippen molar-refractivity contribution in [2.24, 2.45) is 5.73 Å². The maximum absolute atomic E-state index is 6.31. The minimum absolute atomic E-state index is 0.319. The molecule has 0 aromatic heterocycles. The van der Waals surface area contributed by atoms with Gasteiger partial charge < -0.3 is 19.8 Å². The van der Waals surface area contributed by atoms with E-state index in [-0.39, 0.29) is 17.1 Å². The molecule has 0 aliphatic carbocycles. The molecule has 1 heterocycles. The summed E-state index contributed by atoms with van der Waals surface area (Å²) in [6.45, 7) is 10.1. The van der Waals surface area contributed by atoms with E-state index in [1.807, 2.05) is 52.8 Å². The Morgan fingerprint density at radius 3 is 2.15 bits per heavy atom. The number of aryl methyl sites for hydroxylation is 1. The summed E-state index contributed by atoms with van der Waals surface area (Å²) in [6.07, 6.45) is 0. The lowest BCUT2D eigenvalue weighted by atomic mass is 9.74. The number of rotatable bonds is 3. The molecule has 0 unspecified atom stereocenters. The van der Waals surface area contributed by atoms with Crippen molar-refractivity contribution in [1.29, 1.82) is 0 Å². The minimum atomic E-state index is -0.437. The van der Waals surface area contributed by atoms with Crippen LogP contribution in [0.2, 0.25) is 0 Å². The van der Waals surface area contributed by atoms with E-state index in [4.69, 9.17) is 19.8 Å². The highest BCUT2D eigenvalue weighted by Gasteiger charge is 2.53. The molecule has 1 fully saturated rings. The summed E-state index contributed by atoms with van der Waals surface area (Å²) >= 11 is 0. The van der Waals surface area contributed by atoms with Crippen LogP contribution in [0.1, 0.15) is 44.8 Å². The maximum Gasteiger partial charge on any atom is 0.480 e. The van der Waals surface area contributed by atoms with Crippen molar-refractivity contribution in [1.82, 2.24) is 0 Å². The molecule has 0 amide bonds. The van der Waals surface area contributed by atoms with Gasteiger partial charge in [0.1, 0.15) is 5.75 Å². The zero-order valence-corrected chi connectivity index (χ0v) is 13.2. The second-order valence-corrected chi connectivity index (χ2v) is 6.38. The third-order valence-corrected chi connectivity index (χ3v) is 4.37. The summed E-state index contributed by atoms with van der Waals surface area (Å²) in [7, 11) is 1.23. The van der Waals surface area contributed by atoms with Crippen LogP contribution in [-0.4, -0.2) is 25.4 Å². The monoisotopic (exact) mass is 277 g/mol. The number of ether oxygens (including phenoxy) is 1. The van der Waals surface area contributed by atoms with Gasteiger partial charge in [-0.1, -0.05) is 12.1 Å². The van der Waals surface area contributed by atoms with Gasteiger partial charge in [0, 0.05) is 0 Å². The average Bonchev–Trinajstić information content (AvgIpc) is 2.57. The van der Waals surface area contributed by atoms with E-state index < -0.39 is 7.12 Å². The van der Waals surface area contributed by atoms with E-state index in [0.717, 1.165) is 16.9 Å². The summed E-state index contributed by atoms with van der Waals surface area (Å²) in [5.41, 5.74) is 7.62. The van der Waals surface area contributed by atoms with Crippen molar-refractivity contribution in [2.75, 3.05) is 7.11 Å². The van der Waals surface area contributed by atoms with Crippen LogP contribution in [0.3, 0.4) is 0 Å². The number of nitrogens with two attached hydrogens (primary N) is 1. The van der Waals surface area contributed by atoms with Gasteiger partial charge in [-0.05, 0) is 51.8 Å². The van der Waals surface area contributed by atoms with Gasteiger partial charge in [-0.15, -0.1) is 0 Å². The smallest absolute Gasteiger partial charge is 0.480 e. The highest BCUT2D eigenvalue weighted by molar-refractivity contribution is 6.47. The van der Waals surface area contributed by atoms with Crippen LogP contribution in [0.25, 0.3) is 0 Å². The Bertz CT molecular complexity index is 486. The lowest BCUT2D eigenvalue weighted by Gasteiger charge is -2.32. The van der Waals surface area contributed by atoms with Gasteiger partial charge in [-0.3, -0.25) is 0 Å². The quantitative estimate of drug-likeness (QED) is 0.863. The highest BCUT2D eigenvalue weighted by Crippen LogP contribution is 2.39. The van der Waals surface area contributed by atoms with Gasteiger partial charge in [-0.25, -0.2) is 0 Å². The number of methoxy groups -OCH3 is 1. The molecule has 2 N–H and O–H groups in total. The Morgan fingerprint density at radius 1 is 1.15 bits per heavy atom. The highest BCUT2D eigenvalue weighted by atomic mass is 16.7. The Labute approximate surface area is 121 Å². The van der Waals surface area contributed by atoms with Crippen molar-refractivity contribution in [3.8, 4) is 5.75 Å². The molecular weight excluding hydrogens is 253 g/mol. The molecule has 20 heavy (non-hydrogen) atoms. The van der Waals surface area contributed by atoms with E-state index in [2.05, 4.69) is 0 Å². The Hall–Kier alpha value is -1.04. The first-order valence-electron chi connectivity index (χ1n) is 6.94. The number of hydrogen-bond acceptors (Lipinski definition) is 4. The molecule has 4 nitrogen and oxygen atoms in total. The van der Waals surface area contributed by atoms with E-state index in [0.29, 0.717) is 0 Å². The standard InChI is InChI=1S/C15H24BNO3/c1-10-9-11(7-8-12(10)18-6)13(17)16-19-14(2,3)15(4,5)20-16/h7-9,13H,17H2,1-6H3/t13-/m1/s1. The zero-order chi connectivity index (χ0) is 15.1. The second kappa shape index (κ2) is 5.06. The summed E-state index contributed by atoms with van der Waals surface area (Å²) < 4.78 is 17.3. The second-order valence-electron chi connectivity index (χ2n) is 6.38. The average molecular weight is 277 g/mol. The van der Waals surface area contributed by atoms with Crippen molar-refractivity contribution < 1.29 is 14.0 Å². The molecule has 1 saturated heterocycles. The van der Waals surface area contributed by atoms with E-state index >= 15 is 0 Å². The Balaban J connectivity index is 2.21. The van der Waals surface area contributed by atoms with Crippen LogP contribution in [0.4, 0.5) is 0 Å². The van der Waals surface area contributed by atoms with Crippen LogP contribution < -0.4 is 10.5 Å². The third kappa shape index (κ3) is 2.58. The van der Waals surface area contributed by atoms with Crippen LogP contribution in [0.5, 0.6) is 5.75 Å². The van der Waals surface area contributed by atoms with E-state index in [1.54, 1.807) is 7.11 Å². The molecule has 1 aliphatic heterocycles. The van der Waals surface area contributed by atoms with Crippen LogP contribution in [0.15, 0.2) is 18.2 Å². The molecule has 0 spiro atoms. The SMILES string of the molecule is COc1ccc([C@@H](N)B2OC(C)(C)C(C)(C)O2)cc1C. The molecule has 1 aromatic rings. The fourth-order valence-corrected chi connectivity index (χ4v) is 2.30. The molecule has 1 atom stereocenters. The molecule has 0 saturated carbocycles. The lowest BCUT2D eigenvalue weighted by Crippen LogP contribution is -2.41. The molecule has 0 bridgehead atoms. The fraction of sp³-hybridized carbons (Fsp3) is 0.600. The molecule has 2 rings (SSSR count). The summed E-state index contributed by atoms with van der Waals surface area (Å²) in [4.78, 5) is 0. The normalized spacial score (nSPS) is 21.9. The lowest BCUT2D eigenvalue weighted by molar-refractivity contribution is 0.00578. The first-order chi connectivity index (χ1) is 9.18. The molecular formula is C15H24BNO3. The number of benzene rings is 1. The fourth-order valence-electron chi connectivity index (χ4n) is 2.30. The largest absolute Gasteiger partial charge is 0.496 e. The molecule has 1 aliphatic rings. The summed E-state index contributed by atoms with van der Waals surface area (Å²) in [5, 5.41) is 0. The molecule has 0 radical (unpaired) electrons. The predicted molar refractivity (Wildman–Crippen MR) is 80.7 cm³/mol. The van der Waals surface area contributed by atoms with Gasteiger partial charge in [0.2, 0.25) is 0 Å². The van der Waals surface area contributed by atoms with Gasteiger partial charge in [-0.2, -0.15) is 0 Å². The van der Waals surface area contributed by atoms with Crippen LogP contribution in [0, 0.1) is 6.92 Å². The van der Waals surface area contributed by atoms with Crippen molar-refractivity contribution >= 4 is 7.12 Å². The summed E-state index contributed by atoms with van der Waals surface area (Å²) in [5.74, 6) is 0.538. The van der Waals surface area contributed by atoms with Gasteiger partial charge in [0.05, 0.1) is 24.3 Å². The molecule has 5 heteroatoms. The topological polar surface area (TPSA) is 53.7 Å². The summed E-state index contributed by atoms with van der Waals surface area (Å²) in [6, 6.07) is 5.91. The van der Waals surface area contributed by atoms with Crippen LogP contribution >= 0.6 is 0 Å². The zero-order valence-electron chi connectivity index (χ0n) is 13.2.